The Bertz CT molecular complexity index is 1010. The van der Waals surface area contributed by atoms with Gasteiger partial charge in [0, 0.05) is 23.9 Å². The molecule has 1 aromatic heterocycles. The van der Waals surface area contributed by atoms with Gasteiger partial charge in [-0.1, -0.05) is 18.2 Å². The predicted molar refractivity (Wildman–Crippen MR) is 119 cm³/mol. The van der Waals surface area contributed by atoms with Crippen LogP contribution in [0.25, 0.3) is 11.0 Å². The quantitative estimate of drug-likeness (QED) is 0.553. The van der Waals surface area contributed by atoms with E-state index in [-0.39, 0.29) is 25.0 Å². The number of aliphatic hydroxyl groups excluding tert-OH is 1. The van der Waals surface area contributed by atoms with E-state index in [9.17, 15) is 9.50 Å². The molecule has 0 radical (unpaired) electrons. The van der Waals surface area contributed by atoms with Gasteiger partial charge in [0.05, 0.1) is 30.9 Å². The first-order valence-electron chi connectivity index (χ1n) is 10.2. The Hall–Kier alpha value is -2.73. The summed E-state index contributed by atoms with van der Waals surface area (Å²) in [7, 11) is 1.60. The maximum Gasteiger partial charge on any atom is 0.145 e. The van der Waals surface area contributed by atoms with E-state index in [4.69, 9.17) is 4.74 Å². The zero-order valence-electron chi connectivity index (χ0n) is 18.2. The van der Waals surface area contributed by atoms with Crippen LogP contribution in [0.2, 0.25) is 0 Å². The molecule has 1 atom stereocenters. The second-order valence-electron chi connectivity index (χ2n) is 8.51. The number of ether oxygens (including phenoxy) is 1. The summed E-state index contributed by atoms with van der Waals surface area (Å²) in [4.78, 5) is 9.13. The van der Waals surface area contributed by atoms with Crippen molar-refractivity contribution < 1.29 is 14.2 Å². The first kappa shape index (κ1) is 22.0. The molecule has 30 heavy (non-hydrogen) atoms. The molecular formula is C24H30FN3O2. The fraction of sp³-hybridized carbons (Fsp3) is 0.417. The number of alkyl halides is 1. The van der Waals surface area contributed by atoms with E-state index in [1.165, 1.54) is 0 Å². The standard InChI is InChI=1S/C24H30FN3O2/c1-15(2)27-23-13-26-21-11-17(7-8-20(21)28-23)19(14-29)18-10-16(12-24(3,4)25)6-9-22(18)30-5/h6-11,13,15,19,29H,12,14H2,1-5H3,(H,27,28). The highest BCUT2D eigenvalue weighted by Gasteiger charge is 2.22. The largest absolute Gasteiger partial charge is 0.496 e. The third-order valence-corrected chi connectivity index (χ3v) is 4.88. The first-order chi connectivity index (χ1) is 14.2. The van der Waals surface area contributed by atoms with Gasteiger partial charge in [-0.3, -0.25) is 4.98 Å². The van der Waals surface area contributed by atoms with E-state index < -0.39 is 5.67 Å². The topological polar surface area (TPSA) is 67.3 Å². The van der Waals surface area contributed by atoms with Crippen LogP contribution in [0.15, 0.2) is 42.6 Å². The van der Waals surface area contributed by atoms with Crippen molar-refractivity contribution in [3.63, 3.8) is 0 Å². The number of hydrogen-bond acceptors (Lipinski definition) is 5. The van der Waals surface area contributed by atoms with Crippen molar-refractivity contribution in [2.75, 3.05) is 19.0 Å². The van der Waals surface area contributed by atoms with Crippen molar-refractivity contribution >= 4 is 16.9 Å². The number of fused-ring (bicyclic) bond motifs is 1. The second-order valence-corrected chi connectivity index (χ2v) is 8.51. The normalized spacial score (nSPS) is 12.9. The highest BCUT2D eigenvalue weighted by molar-refractivity contribution is 5.76. The smallest absolute Gasteiger partial charge is 0.145 e. The molecule has 0 saturated heterocycles. The molecular weight excluding hydrogens is 381 g/mol. The molecule has 0 saturated carbocycles. The van der Waals surface area contributed by atoms with Crippen molar-refractivity contribution in [2.45, 2.75) is 51.7 Å². The molecule has 1 unspecified atom stereocenters. The molecule has 2 N–H and O–H groups in total. The van der Waals surface area contributed by atoms with Crippen LogP contribution in [0.1, 0.15) is 50.3 Å². The van der Waals surface area contributed by atoms with Gasteiger partial charge in [-0.05, 0) is 57.0 Å². The monoisotopic (exact) mass is 411 g/mol. The van der Waals surface area contributed by atoms with Gasteiger partial charge in [-0.2, -0.15) is 0 Å². The summed E-state index contributed by atoms with van der Waals surface area (Å²) in [5.41, 5.74) is 2.80. The molecule has 0 fully saturated rings. The molecule has 1 heterocycles. The van der Waals surface area contributed by atoms with E-state index in [0.29, 0.717) is 5.75 Å². The molecule has 0 spiro atoms. The summed E-state index contributed by atoms with van der Waals surface area (Å²) in [5, 5.41) is 13.5. The lowest BCUT2D eigenvalue weighted by Crippen LogP contribution is -2.16. The second kappa shape index (κ2) is 8.96. The Kier molecular flexibility index (Phi) is 6.56. The van der Waals surface area contributed by atoms with E-state index >= 15 is 0 Å². The van der Waals surface area contributed by atoms with Crippen molar-refractivity contribution in [1.29, 1.82) is 0 Å². The fourth-order valence-electron chi connectivity index (χ4n) is 3.64. The number of nitrogens with one attached hydrogen (secondary N) is 1. The third kappa shape index (κ3) is 5.25. The van der Waals surface area contributed by atoms with Crippen LogP contribution < -0.4 is 10.1 Å². The van der Waals surface area contributed by atoms with E-state index in [0.717, 1.165) is 33.5 Å². The molecule has 5 nitrogen and oxygen atoms in total. The van der Waals surface area contributed by atoms with Gasteiger partial charge in [0.15, 0.2) is 0 Å². The van der Waals surface area contributed by atoms with Crippen molar-refractivity contribution in [2.24, 2.45) is 0 Å². The van der Waals surface area contributed by atoms with Gasteiger partial charge < -0.3 is 15.2 Å². The van der Waals surface area contributed by atoms with Gasteiger partial charge in [0.25, 0.3) is 0 Å². The predicted octanol–water partition coefficient (Wildman–Crippen LogP) is 4.87. The summed E-state index contributed by atoms with van der Waals surface area (Å²) in [5.74, 6) is 1.08. The highest BCUT2D eigenvalue weighted by Crippen LogP contribution is 2.34. The maximum atomic E-state index is 14.2. The van der Waals surface area contributed by atoms with Crippen LogP contribution in [-0.2, 0) is 6.42 Å². The minimum Gasteiger partial charge on any atom is -0.496 e. The number of anilines is 1. The Morgan fingerprint density at radius 1 is 1.13 bits per heavy atom. The van der Waals surface area contributed by atoms with Crippen molar-refractivity contribution in [1.82, 2.24) is 9.97 Å². The van der Waals surface area contributed by atoms with Crippen molar-refractivity contribution in [3.05, 3.63) is 59.3 Å². The average molecular weight is 412 g/mol. The van der Waals surface area contributed by atoms with Gasteiger partial charge in [-0.15, -0.1) is 0 Å². The summed E-state index contributed by atoms with van der Waals surface area (Å²) >= 11 is 0. The van der Waals surface area contributed by atoms with Gasteiger partial charge >= 0.3 is 0 Å². The Morgan fingerprint density at radius 2 is 1.90 bits per heavy atom. The molecule has 160 valence electrons. The highest BCUT2D eigenvalue weighted by atomic mass is 19.1. The van der Waals surface area contributed by atoms with E-state index in [1.807, 2.05) is 50.2 Å². The molecule has 0 aliphatic carbocycles. The van der Waals surface area contributed by atoms with Gasteiger partial charge in [-0.25, -0.2) is 9.37 Å². The molecule has 0 aliphatic heterocycles. The van der Waals surface area contributed by atoms with Crippen LogP contribution >= 0.6 is 0 Å². The number of nitrogens with zero attached hydrogens (tertiary/aromatic N) is 2. The van der Waals surface area contributed by atoms with Gasteiger partial charge in [0.2, 0.25) is 0 Å². The van der Waals surface area contributed by atoms with E-state index in [1.54, 1.807) is 27.2 Å². The maximum absolute atomic E-state index is 14.2. The summed E-state index contributed by atoms with van der Waals surface area (Å²) in [6.45, 7) is 7.11. The number of aromatic nitrogens is 2. The number of halogens is 1. The number of hydrogen-bond donors (Lipinski definition) is 2. The summed E-state index contributed by atoms with van der Waals surface area (Å²) < 4.78 is 19.7. The number of rotatable bonds is 8. The SMILES string of the molecule is COc1ccc(CC(C)(C)F)cc1C(CO)c1ccc2nc(NC(C)C)cnc2c1. The van der Waals surface area contributed by atoms with Crippen LogP contribution in [0, 0.1) is 0 Å². The van der Waals surface area contributed by atoms with Crippen LogP contribution in [0.5, 0.6) is 5.75 Å². The lowest BCUT2D eigenvalue weighted by atomic mass is 9.88. The minimum atomic E-state index is -1.32. The van der Waals surface area contributed by atoms with Crippen molar-refractivity contribution in [3.8, 4) is 5.75 Å². The lowest BCUT2D eigenvalue weighted by Gasteiger charge is -2.21. The van der Waals surface area contributed by atoms with Gasteiger partial charge in [0.1, 0.15) is 17.2 Å². The molecule has 0 aliphatic rings. The van der Waals surface area contributed by atoms with E-state index in [2.05, 4.69) is 15.3 Å². The lowest BCUT2D eigenvalue weighted by molar-refractivity contribution is 0.217. The molecule has 6 heteroatoms. The number of aliphatic hydroxyl groups is 1. The Labute approximate surface area is 177 Å². The molecule has 3 aromatic rings. The number of benzene rings is 2. The Balaban J connectivity index is 2.00. The van der Waals surface area contributed by atoms with Crippen LogP contribution in [-0.4, -0.2) is 40.5 Å². The number of methoxy groups -OCH3 is 1. The molecule has 2 aromatic carbocycles. The Morgan fingerprint density at radius 3 is 2.53 bits per heavy atom. The zero-order valence-corrected chi connectivity index (χ0v) is 18.2. The summed E-state index contributed by atoms with van der Waals surface area (Å²) in [6, 6.07) is 11.7. The zero-order chi connectivity index (χ0) is 21.9. The third-order valence-electron chi connectivity index (χ3n) is 4.88. The summed E-state index contributed by atoms with van der Waals surface area (Å²) in [6.07, 6.45) is 2.00. The first-order valence-corrected chi connectivity index (χ1v) is 10.2. The average Bonchev–Trinajstić information content (AvgIpc) is 2.67. The molecule has 0 amide bonds. The van der Waals surface area contributed by atoms with Crippen LogP contribution in [0.3, 0.4) is 0 Å². The molecule has 0 bridgehead atoms. The molecule has 3 rings (SSSR count). The van der Waals surface area contributed by atoms with Crippen LogP contribution in [0.4, 0.5) is 10.2 Å². The minimum absolute atomic E-state index is 0.106. The fourth-order valence-corrected chi connectivity index (χ4v) is 3.64.